The standard InChI is InChI=1S/C16H25FN2O/c1-2-19(13-14-7-5-6-10-18-14)11-12-20-16-9-4-3-8-15(16)17/h3-4,8-9,14,18H,2,5-7,10-13H2,1H3. The van der Waals surface area contributed by atoms with Gasteiger partial charge in [-0.2, -0.15) is 0 Å². The van der Waals surface area contributed by atoms with E-state index in [9.17, 15) is 4.39 Å². The van der Waals surface area contributed by atoms with E-state index in [0.29, 0.717) is 18.4 Å². The van der Waals surface area contributed by atoms with Gasteiger partial charge < -0.3 is 10.1 Å². The van der Waals surface area contributed by atoms with E-state index in [2.05, 4.69) is 17.1 Å². The van der Waals surface area contributed by atoms with Crippen LogP contribution in [0.5, 0.6) is 5.75 Å². The number of halogens is 1. The van der Waals surface area contributed by atoms with E-state index in [0.717, 1.165) is 26.2 Å². The van der Waals surface area contributed by atoms with Gasteiger partial charge in [-0.1, -0.05) is 25.5 Å². The average molecular weight is 280 g/mol. The summed E-state index contributed by atoms with van der Waals surface area (Å²) in [6.07, 6.45) is 3.87. The molecule has 1 heterocycles. The van der Waals surface area contributed by atoms with Crippen LogP contribution in [0.15, 0.2) is 24.3 Å². The first-order valence-corrected chi connectivity index (χ1v) is 7.62. The fourth-order valence-electron chi connectivity index (χ4n) is 2.62. The molecular formula is C16H25FN2O. The lowest BCUT2D eigenvalue weighted by atomic mass is 10.0. The number of benzene rings is 1. The van der Waals surface area contributed by atoms with E-state index in [-0.39, 0.29) is 5.82 Å². The van der Waals surface area contributed by atoms with Gasteiger partial charge >= 0.3 is 0 Å². The minimum Gasteiger partial charge on any atom is -0.489 e. The normalized spacial score (nSPS) is 19.2. The molecule has 1 unspecified atom stereocenters. The maximum atomic E-state index is 13.4. The number of nitrogens with zero attached hydrogens (tertiary/aromatic N) is 1. The van der Waals surface area contributed by atoms with Crippen molar-refractivity contribution in [2.24, 2.45) is 0 Å². The Labute approximate surface area is 121 Å². The van der Waals surface area contributed by atoms with Crippen LogP contribution in [0.1, 0.15) is 26.2 Å². The minimum atomic E-state index is -0.288. The second-order valence-electron chi connectivity index (χ2n) is 5.32. The number of hydrogen-bond donors (Lipinski definition) is 1. The van der Waals surface area contributed by atoms with Gasteiger partial charge in [0, 0.05) is 19.1 Å². The molecule has 20 heavy (non-hydrogen) atoms. The predicted octanol–water partition coefficient (Wildman–Crippen LogP) is 2.67. The van der Waals surface area contributed by atoms with Crippen LogP contribution in [0.4, 0.5) is 4.39 Å². The van der Waals surface area contributed by atoms with E-state index >= 15 is 0 Å². The molecule has 112 valence electrons. The number of rotatable bonds is 7. The summed E-state index contributed by atoms with van der Waals surface area (Å²) in [4.78, 5) is 2.36. The molecule has 0 aliphatic carbocycles. The molecule has 1 aliphatic rings. The van der Waals surface area contributed by atoms with Crippen molar-refractivity contribution in [1.29, 1.82) is 0 Å². The summed E-state index contributed by atoms with van der Waals surface area (Å²) >= 11 is 0. The zero-order valence-electron chi connectivity index (χ0n) is 12.3. The maximum absolute atomic E-state index is 13.4. The Balaban J connectivity index is 1.72. The summed E-state index contributed by atoms with van der Waals surface area (Å²) in [6, 6.07) is 7.17. The second-order valence-corrected chi connectivity index (χ2v) is 5.32. The molecule has 3 nitrogen and oxygen atoms in total. The Bertz CT molecular complexity index is 394. The molecule has 1 saturated heterocycles. The highest BCUT2D eigenvalue weighted by molar-refractivity contribution is 5.23. The van der Waals surface area contributed by atoms with Crippen molar-refractivity contribution in [1.82, 2.24) is 10.2 Å². The zero-order valence-corrected chi connectivity index (χ0v) is 12.3. The maximum Gasteiger partial charge on any atom is 0.165 e. The van der Waals surface area contributed by atoms with Crippen molar-refractivity contribution in [3.63, 3.8) is 0 Å². The molecule has 0 spiro atoms. The van der Waals surface area contributed by atoms with Crippen LogP contribution >= 0.6 is 0 Å². The number of ether oxygens (including phenoxy) is 1. The van der Waals surface area contributed by atoms with Gasteiger partial charge in [0.1, 0.15) is 6.61 Å². The zero-order chi connectivity index (χ0) is 14.2. The van der Waals surface area contributed by atoms with Crippen LogP contribution in [0.25, 0.3) is 0 Å². The summed E-state index contributed by atoms with van der Waals surface area (Å²) < 4.78 is 18.9. The first-order valence-electron chi connectivity index (χ1n) is 7.62. The van der Waals surface area contributed by atoms with Gasteiger partial charge in [0.25, 0.3) is 0 Å². The molecule has 1 aromatic rings. The summed E-state index contributed by atoms with van der Waals surface area (Å²) in [5.74, 6) is 0.0591. The molecule has 0 amide bonds. The Kier molecular flexibility index (Phi) is 6.27. The topological polar surface area (TPSA) is 24.5 Å². The highest BCUT2D eigenvalue weighted by Gasteiger charge is 2.15. The van der Waals surface area contributed by atoms with Crippen LogP contribution in [-0.2, 0) is 0 Å². The molecule has 1 atom stereocenters. The highest BCUT2D eigenvalue weighted by Crippen LogP contribution is 2.15. The molecule has 2 rings (SSSR count). The fourth-order valence-corrected chi connectivity index (χ4v) is 2.62. The van der Waals surface area contributed by atoms with Crippen LogP contribution in [0, 0.1) is 5.82 Å². The van der Waals surface area contributed by atoms with Gasteiger partial charge in [0.15, 0.2) is 11.6 Å². The number of para-hydroxylation sites is 1. The number of piperidine rings is 1. The van der Waals surface area contributed by atoms with Gasteiger partial charge in [-0.3, -0.25) is 4.90 Å². The summed E-state index contributed by atoms with van der Waals surface area (Å²) in [5.41, 5.74) is 0. The Morgan fingerprint density at radius 2 is 2.20 bits per heavy atom. The van der Waals surface area contributed by atoms with Crippen LogP contribution in [-0.4, -0.2) is 43.7 Å². The average Bonchev–Trinajstić information content (AvgIpc) is 2.49. The fraction of sp³-hybridized carbons (Fsp3) is 0.625. The van der Waals surface area contributed by atoms with Gasteiger partial charge in [0.2, 0.25) is 0 Å². The molecule has 0 saturated carbocycles. The van der Waals surface area contributed by atoms with Crippen molar-refractivity contribution in [2.45, 2.75) is 32.2 Å². The first-order chi connectivity index (χ1) is 9.79. The van der Waals surface area contributed by atoms with Crippen molar-refractivity contribution in [3.05, 3.63) is 30.1 Å². The van der Waals surface area contributed by atoms with Crippen molar-refractivity contribution in [2.75, 3.05) is 32.8 Å². The van der Waals surface area contributed by atoms with E-state index in [1.807, 2.05) is 0 Å². The molecule has 0 radical (unpaired) electrons. The van der Waals surface area contributed by atoms with E-state index in [4.69, 9.17) is 4.74 Å². The largest absolute Gasteiger partial charge is 0.489 e. The number of likely N-dealkylation sites (N-methyl/N-ethyl adjacent to an activating group) is 1. The third-order valence-electron chi connectivity index (χ3n) is 3.84. The van der Waals surface area contributed by atoms with E-state index < -0.39 is 0 Å². The van der Waals surface area contributed by atoms with Crippen molar-refractivity contribution >= 4 is 0 Å². The lowest BCUT2D eigenvalue weighted by Gasteiger charge is -2.29. The smallest absolute Gasteiger partial charge is 0.165 e. The Morgan fingerprint density at radius 1 is 1.35 bits per heavy atom. The lowest BCUT2D eigenvalue weighted by molar-refractivity contribution is 0.187. The van der Waals surface area contributed by atoms with Gasteiger partial charge in [-0.25, -0.2) is 4.39 Å². The van der Waals surface area contributed by atoms with E-state index in [1.54, 1.807) is 18.2 Å². The highest BCUT2D eigenvalue weighted by atomic mass is 19.1. The van der Waals surface area contributed by atoms with Gasteiger partial charge in [0.05, 0.1) is 0 Å². The molecule has 1 aliphatic heterocycles. The van der Waals surface area contributed by atoms with E-state index in [1.165, 1.54) is 25.3 Å². The molecule has 1 aromatic carbocycles. The quantitative estimate of drug-likeness (QED) is 0.831. The first kappa shape index (κ1) is 15.3. The molecule has 1 N–H and O–H groups in total. The van der Waals surface area contributed by atoms with Gasteiger partial charge in [-0.05, 0) is 38.1 Å². The summed E-state index contributed by atoms with van der Waals surface area (Å²) in [5, 5.41) is 3.56. The third kappa shape index (κ3) is 4.76. The monoisotopic (exact) mass is 280 g/mol. The Hall–Kier alpha value is -1.13. The number of nitrogens with one attached hydrogen (secondary N) is 1. The molecule has 0 bridgehead atoms. The third-order valence-corrected chi connectivity index (χ3v) is 3.84. The Morgan fingerprint density at radius 3 is 2.90 bits per heavy atom. The summed E-state index contributed by atoms with van der Waals surface area (Å²) in [7, 11) is 0. The SMILES string of the molecule is CCN(CCOc1ccccc1F)CC1CCCCN1. The van der Waals surface area contributed by atoms with Crippen molar-refractivity contribution in [3.8, 4) is 5.75 Å². The van der Waals surface area contributed by atoms with Crippen LogP contribution in [0.2, 0.25) is 0 Å². The van der Waals surface area contributed by atoms with Crippen LogP contribution in [0.3, 0.4) is 0 Å². The molecular weight excluding hydrogens is 255 g/mol. The minimum absolute atomic E-state index is 0.288. The predicted molar refractivity (Wildman–Crippen MR) is 79.7 cm³/mol. The van der Waals surface area contributed by atoms with Crippen LogP contribution < -0.4 is 10.1 Å². The number of hydrogen-bond acceptors (Lipinski definition) is 3. The summed E-state index contributed by atoms with van der Waals surface area (Å²) in [6.45, 7) is 6.71. The van der Waals surface area contributed by atoms with Gasteiger partial charge in [-0.15, -0.1) is 0 Å². The second kappa shape index (κ2) is 8.22. The molecule has 1 fully saturated rings. The lowest BCUT2D eigenvalue weighted by Crippen LogP contribution is -2.44. The van der Waals surface area contributed by atoms with Crippen molar-refractivity contribution < 1.29 is 9.13 Å². The molecule has 0 aromatic heterocycles. The molecule has 4 heteroatoms.